The maximum atomic E-state index is 12.9. The maximum Gasteiger partial charge on any atom is 0.254 e. The minimum absolute atomic E-state index is 0. The highest BCUT2D eigenvalue weighted by atomic mass is 35.5. The molecule has 0 spiro atoms. The van der Waals surface area contributed by atoms with Gasteiger partial charge in [-0.3, -0.25) is 4.79 Å². The van der Waals surface area contributed by atoms with Crippen LogP contribution in [-0.4, -0.2) is 43.2 Å². The van der Waals surface area contributed by atoms with E-state index in [-0.39, 0.29) is 24.4 Å². The molecule has 3 rings (SSSR count). The van der Waals surface area contributed by atoms with Gasteiger partial charge in [0.05, 0.1) is 13.2 Å². The van der Waals surface area contributed by atoms with Gasteiger partial charge >= 0.3 is 0 Å². The highest BCUT2D eigenvalue weighted by Gasteiger charge is 2.42. The van der Waals surface area contributed by atoms with Crippen molar-refractivity contribution in [3.8, 4) is 11.5 Å². The minimum atomic E-state index is 0. The molecule has 5 nitrogen and oxygen atoms in total. The van der Waals surface area contributed by atoms with E-state index in [0.29, 0.717) is 42.1 Å². The van der Waals surface area contributed by atoms with Gasteiger partial charge in [-0.25, -0.2) is 0 Å². The summed E-state index contributed by atoms with van der Waals surface area (Å²) in [6.45, 7) is 6.89. The van der Waals surface area contributed by atoms with Crippen molar-refractivity contribution in [1.29, 1.82) is 0 Å². The lowest BCUT2D eigenvalue weighted by Gasteiger charge is -2.20. The van der Waals surface area contributed by atoms with Crippen LogP contribution in [0, 0.1) is 11.8 Å². The predicted molar refractivity (Wildman–Crippen MR) is 105 cm³/mol. The number of hydrogen-bond donors (Lipinski definition) is 1. The first-order valence-corrected chi connectivity index (χ1v) is 9.58. The molecule has 1 saturated heterocycles. The molecule has 2 fully saturated rings. The fourth-order valence-corrected chi connectivity index (χ4v) is 4.01. The molecule has 6 heteroatoms. The second-order valence-corrected chi connectivity index (χ2v) is 7.17. The average molecular weight is 383 g/mol. The van der Waals surface area contributed by atoms with Gasteiger partial charge in [-0.2, -0.15) is 0 Å². The summed E-state index contributed by atoms with van der Waals surface area (Å²) in [5.74, 6) is 2.48. The van der Waals surface area contributed by atoms with E-state index in [9.17, 15) is 4.79 Å². The Morgan fingerprint density at radius 3 is 2.69 bits per heavy atom. The average Bonchev–Trinajstić information content (AvgIpc) is 3.18. The number of unbranched alkanes of at least 4 members (excludes halogenated alkanes) is 1. The number of nitrogens with two attached hydrogens (primary N) is 1. The number of halogens is 1. The van der Waals surface area contributed by atoms with Crippen molar-refractivity contribution in [3.63, 3.8) is 0 Å². The Labute approximate surface area is 162 Å². The molecule has 1 aliphatic heterocycles. The van der Waals surface area contributed by atoms with Crippen LogP contribution in [0.25, 0.3) is 0 Å². The predicted octanol–water partition coefficient (Wildman–Crippen LogP) is 3.50. The van der Waals surface area contributed by atoms with Gasteiger partial charge in [-0.1, -0.05) is 13.3 Å². The first-order valence-electron chi connectivity index (χ1n) is 9.58. The van der Waals surface area contributed by atoms with E-state index < -0.39 is 0 Å². The topological polar surface area (TPSA) is 64.8 Å². The number of ether oxygens (including phenoxy) is 2. The molecule has 1 amide bonds. The Balaban J connectivity index is 0.00000243. The lowest BCUT2D eigenvalue weighted by Crippen LogP contribution is -2.33. The number of carbonyl (C=O) groups excluding carboxylic acids is 1. The molecule has 1 saturated carbocycles. The number of benzene rings is 1. The molecule has 2 aliphatic rings. The zero-order valence-corrected chi connectivity index (χ0v) is 16.6. The van der Waals surface area contributed by atoms with Crippen molar-refractivity contribution in [2.75, 3.05) is 26.3 Å². The number of rotatable bonds is 7. The summed E-state index contributed by atoms with van der Waals surface area (Å²) in [7, 11) is 0. The third-order valence-corrected chi connectivity index (χ3v) is 5.45. The van der Waals surface area contributed by atoms with Gasteiger partial charge in [0, 0.05) is 24.7 Å². The van der Waals surface area contributed by atoms with E-state index in [0.717, 1.165) is 38.8 Å². The molecule has 0 bridgehead atoms. The smallest absolute Gasteiger partial charge is 0.254 e. The molecule has 1 aliphatic carbocycles. The Bertz CT molecular complexity index is 611. The number of nitrogens with zero attached hydrogens (tertiary/aromatic N) is 1. The molecule has 3 unspecified atom stereocenters. The molecule has 1 heterocycles. The van der Waals surface area contributed by atoms with E-state index in [1.807, 2.05) is 30.0 Å². The third kappa shape index (κ3) is 4.44. The number of fused-ring (bicyclic) bond motifs is 1. The Morgan fingerprint density at radius 2 is 2.00 bits per heavy atom. The molecular formula is C20H31ClN2O3. The fraction of sp³-hybridized carbons (Fsp3) is 0.650. The van der Waals surface area contributed by atoms with Crippen molar-refractivity contribution in [1.82, 2.24) is 4.90 Å². The second kappa shape index (κ2) is 9.47. The number of likely N-dealkylation sites (tertiary alicyclic amines) is 1. The molecule has 26 heavy (non-hydrogen) atoms. The highest BCUT2D eigenvalue weighted by molar-refractivity contribution is 5.95. The molecule has 146 valence electrons. The van der Waals surface area contributed by atoms with Crippen LogP contribution in [0.3, 0.4) is 0 Å². The lowest BCUT2D eigenvalue weighted by atomic mass is 9.98. The van der Waals surface area contributed by atoms with Crippen LogP contribution < -0.4 is 15.2 Å². The van der Waals surface area contributed by atoms with E-state index in [4.69, 9.17) is 15.2 Å². The largest absolute Gasteiger partial charge is 0.490 e. The van der Waals surface area contributed by atoms with Crippen LogP contribution in [0.4, 0.5) is 0 Å². The summed E-state index contributed by atoms with van der Waals surface area (Å²) < 4.78 is 11.5. The molecule has 3 atom stereocenters. The summed E-state index contributed by atoms with van der Waals surface area (Å²) in [5, 5.41) is 0. The molecule has 2 N–H and O–H groups in total. The second-order valence-electron chi connectivity index (χ2n) is 7.17. The van der Waals surface area contributed by atoms with Gasteiger partial charge in [-0.05, 0) is 56.2 Å². The zero-order chi connectivity index (χ0) is 17.8. The van der Waals surface area contributed by atoms with Crippen LogP contribution >= 0.6 is 12.4 Å². The van der Waals surface area contributed by atoms with Gasteiger partial charge < -0.3 is 20.1 Å². The van der Waals surface area contributed by atoms with Gasteiger partial charge in [-0.15, -0.1) is 12.4 Å². The van der Waals surface area contributed by atoms with Gasteiger partial charge in [0.1, 0.15) is 0 Å². The first kappa shape index (κ1) is 20.8. The van der Waals surface area contributed by atoms with Crippen molar-refractivity contribution < 1.29 is 14.3 Å². The minimum Gasteiger partial charge on any atom is -0.490 e. The van der Waals surface area contributed by atoms with Crippen molar-refractivity contribution in [2.45, 2.75) is 45.6 Å². The SMILES string of the molecule is CCCCOc1ccc(C(=O)N2CC3CCC(N)C3C2)cc1OCC.Cl. The van der Waals surface area contributed by atoms with Gasteiger partial charge in [0.25, 0.3) is 5.91 Å². The number of hydrogen-bond acceptors (Lipinski definition) is 4. The quantitative estimate of drug-likeness (QED) is 0.733. The zero-order valence-electron chi connectivity index (χ0n) is 15.8. The van der Waals surface area contributed by atoms with Crippen molar-refractivity contribution in [2.24, 2.45) is 17.6 Å². The van der Waals surface area contributed by atoms with E-state index in [1.54, 1.807) is 0 Å². The van der Waals surface area contributed by atoms with Crippen LogP contribution in [0.15, 0.2) is 18.2 Å². The van der Waals surface area contributed by atoms with E-state index in [2.05, 4.69) is 6.92 Å². The van der Waals surface area contributed by atoms with Crippen molar-refractivity contribution in [3.05, 3.63) is 23.8 Å². The number of carbonyl (C=O) groups is 1. The van der Waals surface area contributed by atoms with E-state index >= 15 is 0 Å². The van der Waals surface area contributed by atoms with Crippen LogP contribution in [0.1, 0.15) is 49.9 Å². The summed E-state index contributed by atoms with van der Waals surface area (Å²) in [6, 6.07) is 5.77. The highest BCUT2D eigenvalue weighted by Crippen LogP contribution is 2.38. The van der Waals surface area contributed by atoms with Crippen LogP contribution in [-0.2, 0) is 0 Å². The normalized spacial score (nSPS) is 24.1. The van der Waals surface area contributed by atoms with Crippen LogP contribution in [0.5, 0.6) is 11.5 Å². The first-order chi connectivity index (χ1) is 12.1. The van der Waals surface area contributed by atoms with E-state index in [1.165, 1.54) is 0 Å². The van der Waals surface area contributed by atoms with Crippen molar-refractivity contribution >= 4 is 18.3 Å². The third-order valence-electron chi connectivity index (χ3n) is 5.45. The van der Waals surface area contributed by atoms with Gasteiger partial charge in [0.2, 0.25) is 0 Å². The maximum absolute atomic E-state index is 12.9. The summed E-state index contributed by atoms with van der Waals surface area (Å²) in [6.07, 6.45) is 4.32. The summed E-state index contributed by atoms with van der Waals surface area (Å²) >= 11 is 0. The summed E-state index contributed by atoms with van der Waals surface area (Å²) in [5.41, 5.74) is 6.85. The molecule has 1 aromatic rings. The standard InChI is InChI=1S/C20H30N2O3.ClH/c1-3-5-10-25-18-9-7-14(11-19(18)24-4-2)20(23)22-12-15-6-8-17(21)16(15)13-22;/h7,9,11,15-17H,3-6,8,10,12-13,21H2,1-2H3;1H. The Hall–Kier alpha value is -1.46. The molecule has 0 radical (unpaired) electrons. The molecule has 0 aromatic heterocycles. The summed E-state index contributed by atoms with van der Waals surface area (Å²) in [4.78, 5) is 14.9. The molecular weight excluding hydrogens is 352 g/mol. The monoisotopic (exact) mass is 382 g/mol. The Kier molecular flexibility index (Phi) is 7.59. The Morgan fingerprint density at radius 1 is 1.19 bits per heavy atom. The van der Waals surface area contributed by atoms with Crippen LogP contribution in [0.2, 0.25) is 0 Å². The molecule has 1 aromatic carbocycles. The van der Waals surface area contributed by atoms with Gasteiger partial charge in [0.15, 0.2) is 11.5 Å². The fourth-order valence-electron chi connectivity index (χ4n) is 4.01. The lowest BCUT2D eigenvalue weighted by molar-refractivity contribution is 0.0779. The number of amides is 1.